The molecule has 1 unspecified atom stereocenters. The lowest BCUT2D eigenvalue weighted by atomic mass is 9.97. The van der Waals surface area contributed by atoms with Gasteiger partial charge in [0.1, 0.15) is 6.61 Å². The summed E-state index contributed by atoms with van der Waals surface area (Å²) < 4.78 is 39.6. The third-order valence-corrected chi connectivity index (χ3v) is 5.90. The normalized spacial score (nSPS) is 22.2. The molecule has 2 aromatic rings. The minimum atomic E-state index is -3.88. The zero-order chi connectivity index (χ0) is 17.2. The molecule has 2 aromatic carbocycles. The average Bonchev–Trinajstić information content (AvgIpc) is 3.00. The van der Waals surface area contributed by atoms with Gasteiger partial charge in [0, 0.05) is 0 Å². The van der Waals surface area contributed by atoms with E-state index in [-0.39, 0.29) is 17.6 Å². The van der Waals surface area contributed by atoms with Crippen molar-refractivity contribution >= 4 is 32.0 Å². The summed E-state index contributed by atoms with van der Waals surface area (Å²) in [7, 11) is -3.88. The van der Waals surface area contributed by atoms with E-state index in [1.54, 1.807) is 12.1 Å². The van der Waals surface area contributed by atoms with Crippen LogP contribution in [0, 0.1) is 6.92 Å². The molecule has 3 rings (SSSR count). The summed E-state index contributed by atoms with van der Waals surface area (Å²) in [6, 6.07) is 16.0. The van der Waals surface area contributed by atoms with E-state index in [0.29, 0.717) is 5.33 Å². The quantitative estimate of drug-likeness (QED) is 0.725. The van der Waals surface area contributed by atoms with E-state index in [1.165, 1.54) is 12.1 Å². The Bertz CT molecular complexity index is 850. The highest BCUT2D eigenvalue weighted by atomic mass is 79.9. The molecular formula is C17H16BrNO4S. The molecule has 0 aromatic heterocycles. The molecule has 0 N–H and O–H groups in total. The van der Waals surface area contributed by atoms with Gasteiger partial charge >= 0.3 is 6.08 Å². The molecule has 1 aliphatic rings. The van der Waals surface area contributed by atoms with Crippen LogP contribution in [-0.2, 0) is 25.1 Å². The fourth-order valence-electron chi connectivity index (χ4n) is 2.34. The highest BCUT2D eigenvalue weighted by molar-refractivity contribution is 9.09. The summed E-state index contributed by atoms with van der Waals surface area (Å²) in [5.41, 5.74) is 1.07. The molecule has 5 nitrogen and oxygen atoms in total. The lowest BCUT2D eigenvalue weighted by Crippen LogP contribution is -2.30. The van der Waals surface area contributed by atoms with Gasteiger partial charge in [0.15, 0.2) is 5.60 Å². The molecule has 7 heteroatoms. The van der Waals surface area contributed by atoms with Crippen LogP contribution >= 0.6 is 15.9 Å². The van der Waals surface area contributed by atoms with Crippen molar-refractivity contribution in [1.82, 2.24) is 0 Å². The number of nitrogens with zero attached hydrogens (tertiary/aromatic N) is 1. The van der Waals surface area contributed by atoms with E-state index in [0.717, 1.165) is 11.1 Å². The standard InChI is InChI=1S/C17H16BrNO4S/c1-13-7-9-15(10-8-13)24(20,21)19-16-22-12-17(11-18,23-16)14-5-3-2-4-6-14/h2-10H,11-12H2,1H3/b19-16-. The summed E-state index contributed by atoms with van der Waals surface area (Å²) in [6.45, 7) is 2.07. The molecule has 1 aliphatic heterocycles. The zero-order valence-electron chi connectivity index (χ0n) is 13.0. The largest absolute Gasteiger partial charge is 0.445 e. The van der Waals surface area contributed by atoms with Gasteiger partial charge in [-0.05, 0) is 24.6 Å². The Morgan fingerprint density at radius 1 is 1.12 bits per heavy atom. The van der Waals surface area contributed by atoms with Crippen LogP contribution in [-0.4, -0.2) is 26.4 Å². The maximum atomic E-state index is 12.4. The van der Waals surface area contributed by atoms with E-state index in [4.69, 9.17) is 9.47 Å². The Balaban J connectivity index is 1.89. The second-order valence-electron chi connectivity index (χ2n) is 5.53. The van der Waals surface area contributed by atoms with E-state index < -0.39 is 15.6 Å². The van der Waals surface area contributed by atoms with Gasteiger partial charge < -0.3 is 9.47 Å². The number of hydrogen-bond acceptors (Lipinski definition) is 4. The molecule has 1 atom stereocenters. The van der Waals surface area contributed by atoms with Gasteiger partial charge in [0.05, 0.1) is 10.2 Å². The fourth-order valence-corrected chi connectivity index (χ4v) is 3.81. The summed E-state index contributed by atoms with van der Waals surface area (Å²) in [6.07, 6.45) is -0.237. The van der Waals surface area contributed by atoms with Crippen molar-refractivity contribution in [2.24, 2.45) is 4.40 Å². The first-order chi connectivity index (χ1) is 11.5. The number of halogens is 1. The highest BCUT2D eigenvalue weighted by Crippen LogP contribution is 2.34. The Morgan fingerprint density at radius 3 is 2.42 bits per heavy atom. The monoisotopic (exact) mass is 409 g/mol. The molecular weight excluding hydrogens is 394 g/mol. The van der Waals surface area contributed by atoms with E-state index in [2.05, 4.69) is 20.3 Å². The van der Waals surface area contributed by atoms with Crippen molar-refractivity contribution in [2.75, 3.05) is 11.9 Å². The number of sulfonamides is 1. The molecule has 0 bridgehead atoms. The van der Waals surface area contributed by atoms with Gasteiger partial charge in [-0.1, -0.05) is 68.4 Å². The van der Waals surface area contributed by atoms with Gasteiger partial charge in [-0.25, -0.2) is 0 Å². The second kappa shape index (κ2) is 6.57. The number of hydrogen-bond donors (Lipinski definition) is 0. The van der Waals surface area contributed by atoms with Crippen LogP contribution in [0.25, 0.3) is 0 Å². The Kier molecular flexibility index (Phi) is 4.64. The SMILES string of the molecule is Cc1ccc(S(=O)(=O)/N=C2/OCC(CBr)(c3ccccc3)O2)cc1. The van der Waals surface area contributed by atoms with Gasteiger partial charge in [-0.15, -0.1) is 0 Å². The van der Waals surface area contributed by atoms with Gasteiger partial charge in [-0.2, -0.15) is 8.42 Å². The first kappa shape index (κ1) is 17.0. The fraction of sp³-hybridized carbons (Fsp3) is 0.235. The minimum Gasteiger partial charge on any atom is -0.445 e. The van der Waals surface area contributed by atoms with Crippen LogP contribution in [0.3, 0.4) is 0 Å². The molecule has 1 fully saturated rings. The number of alkyl halides is 1. The molecule has 0 spiro atoms. The van der Waals surface area contributed by atoms with Gasteiger partial charge in [-0.3, -0.25) is 0 Å². The zero-order valence-corrected chi connectivity index (χ0v) is 15.4. The van der Waals surface area contributed by atoms with Crippen molar-refractivity contribution in [3.8, 4) is 0 Å². The molecule has 0 aliphatic carbocycles. The van der Waals surface area contributed by atoms with Crippen molar-refractivity contribution in [3.63, 3.8) is 0 Å². The topological polar surface area (TPSA) is 65.0 Å². The van der Waals surface area contributed by atoms with Crippen molar-refractivity contribution < 1.29 is 17.9 Å². The number of aryl methyl sites for hydroxylation is 1. The summed E-state index contributed by atoms with van der Waals surface area (Å²) in [5, 5.41) is 0.452. The first-order valence-electron chi connectivity index (χ1n) is 7.30. The minimum absolute atomic E-state index is 0.101. The Morgan fingerprint density at radius 2 is 1.79 bits per heavy atom. The van der Waals surface area contributed by atoms with Crippen LogP contribution in [0.4, 0.5) is 0 Å². The van der Waals surface area contributed by atoms with Crippen LogP contribution < -0.4 is 0 Å². The molecule has 126 valence electrons. The van der Waals surface area contributed by atoms with Crippen LogP contribution in [0.15, 0.2) is 63.9 Å². The molecule has 24 heavy (non-hydrogen) atoms. The van der Waals surface area contributed by atoms with Crippen molar-refractivity contribution in [3.05, 3.63) is 65.7 Å². The third-order valence-electron chi connectivity index (χ3n) is 3.74. The average molecular weight is 410 g/mol. The van der Waals surface area contributed by atoms with Crippen LogP contribution in [0.2, 0.25) is 0 Å². The molecule has 1 saturated heterocycles. The van der Waals surface area contributed by atoms with Crippen molar-refractivity contribution in [2.45, 2.75) is 17.4 Å². The lowest BCUT2D eigenvalue weighted by Gasteiger charge is -2.23. The number of rotatable bonds is 4. The predicted molar refractivity (Wildman–Crippen MR) is 94.8 cm³/mol. The summed E-state index contributed by atoms with van der Waals surface area (Å²) in [4.78, 5) is 0.101. The van der Waals surface area contributed by atoms with Crippen LogP contribution in [0.1, 0.15) is 11.1 Å². The summed E-state index contributed by atoms with van der Waals surface area (Å²) >= 11 is 3.42. The molecule has 1 heterocycles. The Labute approximate surface area is 149 Å². The molecule has 0 saturated carbocycles. The predicted octanol–water partition coefficient (Wildman–Crippen LogP) is 3.38. The maximum Gasteiger partial charge on any atom is 0.401 e. The third kappa shape index (κ3) is 3.32. The smallest absolute Gasteiger partial charge is 0.401 e. The second-order valence-corrected chi connectivity index (χ2v) is 7.69. The highest BCUT2D eigenvalue weighted by Gasteiger charge is 2.43. The maximum absolute atomic E-state index is 12.4. The van der Waals surface area contributed by atoms with E-state index >= 15 is 0 Å². The van der Waals surface area contributed by atoms with Crippen LogP contribution in [0.5, 0.6) is 0 Å². The van der Waals surface area contributed by atoms with Gasteiger partial charge in [0.2, 0.25) is 0 Å². The van der Waals surface area contributed by atoms with Gasteiger partial charge in [0.25, 0.3) is 10.0 Å². The number of ether oxygens (including phenoxy) is 2. The number of benzene rings is 2. The summed E-state index contributed by atoms with van der Waals surface area (Å²) in [5.74, 6) is 0. The first-order valence-corrected chi connectivity index (χ1v) is 9.86. The molecule has 0 amide bonds. The van der Waals surface area contributed by atoms with E-state index in [1.807, 2.05) is 37.3 Å². The van der Waals surface area contributed by atoms with Crippen molar-refractivity contribution in [1.29, 1.82) is 0 Å². The van der Waals surface area contributed by atoms with E-state index in [9.17, 15) is 8.42 Å². The Hall–Kier alpha value is -1.86. The molecule has 0 radical (unpaired) electrons. The lowest BCUT2D eigenvalue weighted by molar-refractivity contribution is 0.114.